The molecule has 18 nitrogen and oxygen atoms in total. The molecule has 4 saturated heterocycles. The van der Waals surface area contributed by atoms with E-state index in [1.54, 1.807) is 54.5 Å². The molecule has 0 aromatic carbocycles. The van der Waals surface area contributed by atoms with Crippen LogP contribution < -0.4 is 0 Å². The highest BCUT2D eigenvalue weighted by Gasteiger charge is 2.61. The van der Waals surface area contributed by atoms with Gasteiger partial charge in [-0.2, -0.15) is 10.1 Å². The number of hydrazone groups is 1. The van der Waals surface area contributed by atoms with Gasteiger partial charge in [0.25, 0.3) is 0 Å². The molecule has 4 aliphatic heterocycles. The van der Waals surface area contributed by atoms with Crippen molar-refractivity contribution in [3.63, 3.8) is 0 Å². The number of cyclic esters (lactones) is 1. The second kappa shape index (κ2) is 20.7. The fraction of sp³-hybridized carbons (Fsp3) is 0.766. The number of ketones is 1. The van der Waals surface area contributed by atoms with Crippen LogP contribution in [0.5, 0.6) is 0 Å². The summed E-state index contributed by atoms with van der Waals surface area (Å²) >= 11 is 1.48. The molecule has 18 atom stereocenters. The molecule has 0 aliphatic carbocycles. The van der Waals surface area contributed by atoms with Crippen LogP contribution in [-0.4, -0.2) is 162 Å². The van der Waals surface area contributed by atoms with E-state index < -0.39 is 108 Å². The first-order valence-corrected chi connectivity index (χ1v) is 24.0. The van der Waals surface area contributed by atoms with Crippen molar-refractivity contribution in [3.8, 4) is 10.6 Å². The number of likely N-dealkylation sites (N-methyl/N-ethyl adjacent to an activating group) is 1. The summed E-state index contributed by atoms with van der Waals surface area (Å²) in [6.07, 6.45) is -6.81. The van der Waals surface area contributed by atoms with Gasteiger partial charge in [0, 0.05) is 50.5 Å². The number of carbonyl (C=O) groups is 3. The average molecular weight is 949 g/mol. The van der Waals surface area contributed by atoms with Gasteiger partial charge in [-0.05, 0) is 86.3 Å². The number of Topliss-reactive ketones (excluding diaryl/α,β-unsaturated/α-hetero) is 1. The number of nitrogens with zero attached hydrogens (tertiary/aromatic N) is 4. The molecule has 2 aromatic heterocycles. The molecule has 2 aromatic rings. The lowest BCUT2D eigenvalue weighted by Gasteiger charge is -2.50. The summed E-state index contributed by atoms with van der Waals surface area (Å²) in [7, 11) is 6.80. The third-order valence-electron chi connectivity index (χ3n) is 14.6. The highest BCUT2D eigenvalue weighted by molar-refractivity contribution is 7.13. The van der Waals surface area contributed by atoms with Gasteiger partial charge in [-0.15, -0.1) is 11.3 Å². The van der Waals surface area contributed by atoms with Crippen LogP contribution in [0.1, 0.15) is 101 Å². The van der Waals surface area contributed by atoms with Crippen LogP contribution in [0.3, 0.4) is 0 Å². The smallest absolute Gasteiger partial charge is 0.431 e. The van der Waals surface area contributed by atoms with Crippen LogP contribution in [0.25, 0.3) is 10.6 Å². The first-order valence-electron chi connectivity index (χ1n) is 23.1. The van der Waals surface area contributed by atoms with E-state index in [1.165, 1.54) is 31.8 Å². The Labute approximate surface area is 392 Å². The number of amides is 1. The minimum Gasteiger partial charge on any atom is -0.458 e. The van der Waals surface area contributed by atoms with E-state index in [9.17, 15) is 19.8 Å². The van der Waals surface area contributed by atoms with Crippen molar-refractivity contribution in [1.29, 1.82) is 0 Å². The van der Waals surface area contributed by atoms with Crippen LogP contribution in [0.2, 0.25) is 0 Å². The number of thiophene rings is 1. The summed E-state index contributed by atoms with van der Waals surface area (Å²) in [6, 6.07) is 4.10. The Kier molecular flexibility index (Phi) is 16.3. The topological polar surface area (TPSA) is 210 Å². The molecule has 0 spiro atoms. The molecule has 4 fully saturated rings. The van der Waals surface area contributed by atoms with Crippen molar-refractivity contribution in [2.24, 2.45) is 28.8 Å². The highest BCUT2D eigenvalue weighted by Crippen LogP contribution is 2.45. The number of esters is 1. The fourth-order valence-corrected chi connectivity index (χ4v) is 11.3. The van der Waals surface area contributed by atoms with Crippen LogP contribution in [-0.2, 0) is 47.5 Å². The van der Waals surface area contributed by atoms with E-state index in [0.717, 1.165) is 9.89 Å². The number of aliphatic hydroxyl groups excluding tert-OH is 2. The maximum Gasteiger partial charge on any atom is 0.431 e. The van der Waals surface area contributed by atoms with Gasteiger partial charge in [-0.1, -0.05) is 38.9 Å². The van der Waals surface area contributed by atoms with Crippen molar-refractivity contribution in [2.45, 2.75) is 179 Å². The Bertz CT molecular complexity index is 2000. The molecule has 0 saturated carbocycles. The molecule has 19 heteroatoms. The fourth-order valence-electron chi connectivity index (χ4n) is 10.6. The predicted molar refractivity (Wildman–Crippen MR) is 242 cm³/mol. The normalized spacial score (nSPS) is 42.0. The van der Waals surface area contributed by atoms with E-state index in [4.69, 9.17) is 42.4 Å². The lowest BCUT2D eigenvalue weighted by atomic mass is 9.73. The third kappa shape index (κ3) is 10.3. The average Bonchev–Trinajstić information content (AvgIpc) is 4.04. The molecule has 0 radical (unpaired) electrons. The van der Waals surface area contributed by atoms with Crippen LogP contribution in [0.15, 0.2) is 33.2 Å². The number of aromatic nitrogens is 1. The van der Waals surface area contributed by atoms with Gasteiger partial charge in [-0.3, -0.25) is 9.59 Å². The number of hydrogen-bond acceptors (Lipinski definition) is 18. The van der Waals surface area contributed by atoms with E-state index >= 15 is 4.79 Å². The van der Waals surface area contributed by atoms with Gasteiger partial charge < -0.3 is 57.5 Å². The number of aliphatic hydroxyl groups is 2. The number of methoxy groups -OCH3 is 2. The van der Waals surface area contributed by atoms with Crippen molar-refractivity contribution in [2.75, 3.05) is 28.3 Å². The van der Waals surface area contributed by atoms with E-state index in [1.807, 2.05) is 57.3 Å². The largest absolute Gasteiger partial charge is 0.458 e. The summed E-state index contributed by atoms with van der Waals surface area (Å²) in [6.45, 7) is 17.8. The summed E-state index contributed by atoms with van der Waals surface area (Å²) in [5, 5.41) is 34.6. The minimum atomic E-state index is -1.58. The molecule has 6 rings (SSSR count). The zero-order valence-corrected chi connectivity index (χ0v) is 41.7. The molecule has 9 unspecified atom stereocenters. The number of hydrogen-bond donors (Lipinski definition) is 2. The van der Waals surface area contributed by atoms with Crippen LogP contribution in [0, 0.1) is 23.7 Å². The number of ether oxygens (including phenoxy) is 8. The monoisotopic (exact) mass is 948 g/mol. The second-order valence-electron chi connectivity index (χ2n) is 19.6. The first-order chi connectivity index (χ1) is 31.0. The number of fused-ring (bicyclic) bond motifs is 1. The summed E-state index contributed by atoms with van der Waals surface area (Å²) in [5.41, 5.74) is -3.61. The van der Waals surface area contributed by atoms with Gasteiger partial charge in [0.2, 0.25) is 0 Å². The van der Waals surface area contributed by atoms with Crippen molar-refractivity contribution in [1.82, 2.24) is 15.1 Å². The number of carbonyl (C=O) groups excluding carboxylic acids is 3. The van der Waals surface area contributed by atoms with Crippen molar-refractivity contribution >= 4 is 35.4 Å². The minimum absolute atomic E-state index is 0.0940. The Morgan fingerprint density at radius 2 is 1.68 bits per heavy atom. The van der Waals surface area contributed by atoms with Gasteiger partial charge in [0.1, 0.15) is 35.8 Å². The standard InChI is InChI=1S/C47H72N4O14S/c1-15-34-47(10)39(51(44(56)64-47)48-23-30-20-32(65-49-30)33-17-16-18-66-33)26(4)36(52)24(2)21-46(9,58-14)41(63-43-37(53)31(50(11)12)19-25(3)59-43)27(5)38(28(6)42(55)61-34)62-35-22-45(8,57-13)40(54)29(7)60-35/h16-18,20,23-29,31,34-35,37-41,43,53-54H,15,19,21-22H2,1-14H3/t24-,25?,26+,27+,28-,29?,31?,34-,35?,37?,38?,39-,40?,41-,43?,45?,46-,47-/m1/s1. The maximum atomic E-state index is 15.0. The Hall–Kier alpha value is -3.37. The van der Waals surface area contributed by atoms with Gasteiger partial charge in [0.15, 0.2) is 23.9 Å². The van der Waals surface area contributed by atoms with Crippen molar-refractivity contribution < 1.29 is 67.0 Å². The molecule has 2 N–H and O–H groups in total. The van der Waals surface area contributed by atoms with Crippen LogP contribution >= 0.6 is 11.3 Å². The molecule has 370 valence electrons. The SMILES string of the molecule is CC[C@H]1OC(=O)[C@H](C)C(OC2CC(C)(OC)C(O)C(C)O2)[C@H](C)[C@@H](OC2OC(C)CC(N(C)C)C2O)[C@](C)(OC)C[C@@H](C)C(=O)[C@H](C)[C@H]2N(N=Cc3cc(-c4cccs4)on3)C(=O)O[C@]12C. The second-order valence-corrected chi connectivity index (χ2v) is 20.6. The first kappa shape index (κ1) is 52.0. The number of rotatable bonds is 11. The zero-order valence-electron chi connectivity index (χ0n) is 40.9. The predicted octanol–water partition coefficient (Wildman–Crippen LogP) is 5.66. The Morgan fingerprint density at radius 3 is 2.30 bits per heavy atom. The molecule has 6 heterocycles. The molecule has 4 aliphatic rings. The maximum absolute atomic E-state index is 15.0. The van der Waals surface area contributed by atoms with E-state index in [-0.39, 0.29) is 37.2 Å². The van der Waals surface area contributed by atoms with E-state index in [2.05, 4.69) is 10.3 Å². The van der Waals surface area contributed by atoms with Gasteiger partial charge in [-0.25, -0.2) is 4.79 Å². The Morgan fingerprint density at radius 1 is 0.985 bits per heavy atom. The zero-order chi connectivity index (χ0) is 48.6. The highest BCUT2D eigenvalue weighted by atomic mass is 32.1. The molecule has 1 amide bonds. The lowest BCUT2D eigenvalue weighted by molar-refractivity contribution is -0.319. The molecular formula is C47H72N4O14S. The van der Waals surface area contributed by atoms with Gasteiger partial charge >= 0.3 is 12.1 Å². The summed E-state index contributed by atoms with van der Waals surface area (Å²) in [4.78, 5) is 46.7. The summed E-state index contributed by atoms with van der Waals surface area (Å²) < 4.78 is 56.8. The quantitative estimate of drug-likeness (QED) is 0.206. The summed E-state index contributed by atoms with van der Waals surface area (Å²) in [5.74, 6) is -3.83. The van der Waals surface area contributed by atoms with E-state index in [0.29, 0.717) is 17.9 Å². The van der Waals surface area contributed by atoms with Crippen LogP contribution in [0.4, 0.5) is 4.79 Å². The third-order valence-corrected chi connectivity index (χ3v) is 15.5. The Balaban J connectivity index is 1.44. The van der Waals surface area contributed by atoms with Gasteiger partial charge in [0.05, 0.1) is 52.6 Å². The van der Waals surface area contributed by atoms with Crippen molar-refractivity contribution in [3.05, 3.63) is 29.3 Å². The molecule has 0 bridgehead atoms. The molecule has 66 heavy (non-hydrogen) atoms. The lowest BCUT2D eigenvalue weighted by Crippen LogP contribution is -2.61. The molecular weight excluding hydrogens is 877 g/mol.